The molecular weight excluding hydrogens is 327 g/mol. The maximum Gasteiger partial charge on any atom is 0.164 e. The quantitative estimate of drug-likeness (QED) is 0.661. The molecule has 2 N–H and O–H groups in total. The number of aliphatic hydroxyl groups is 2. The molecule has 4 atom stereocenters. The number of phosphoric acid groups is 1. The summed E-state index contributed by atoms with van der Waals surface area (Å²) >= 11 is 0. The number of hydrogen-bond acceptors (Lipinski definition) is 8. The highest BCUT2D eigenvalue weighted by molar-refractivity contribution is 7.43. The van der Waals surface area contributed by atoms with E-state index in [-0.39, 0.29) is 0 Å². The van der Waals surface area contributed by atoms with Gasteiger partial charge in [0, 0.05) is 0 Å². The summed E-state index contributed by atoms with van der Waals surface area (Å²) in [6, 6.07) is 5.52. The molecule has 10 heteroatoms. The minimum atomic E-state index is -5.18. The molecule has 0 spiro atoms. The fourth-order valence-corrected chi connectivity index (χ4v) is 2.94. The van der Waals surface area contributed by atoms with Crippen molar-refractivity contribution in [2.45, 2.75) is 31.5 Å². The van der Waals surface area contributed by atoms with E-state index in [0.29, 0.717) is 11.0 Å². The van der Waals surface area contributed by atoms with Crippen LogP contribution >= 0.6 is 7.82 Å². The second kappa shape index (κ2) is 5.95. The summed E-state index contributed by atoms with van der Waals surface area (Å²) in [6.07, 6.45) is -3.37. The van der Waals surface area contributed by atoms with Crippen molar-refractivity contribution < 1.29 is 33.8 Å². The van der Waals surface area contributed by atoms with Crippen LogP contribution in [0.1, 0.15) is 11.8 Å². The third kappa shape index (κ3) is 3.31. The largest absolute Gasteiger partial charge is 0.790 e. The van der Waals surface area contributed by atoms with Crippen molar-refractivity contribution in [3.63, 3.8) is 0 Å². The number of aryl methyl sites for hydroxylation is 1. The van der Waals surface area contributed by atoms with E-state index in [1.54, 1.807) is 6.07 Å². The fraction of sp³-hybridized carbons (Fsp3) is 0.462. The van der Waals surface area contributed by atoms with Crippen molar-refractivity contribution >= 4 is 18.9 Å². The molecule has 0 bridgehead atoms. The Morgan fingerprint density at radius 3 is 2.83 bits per heavy atom. The van der Waals surface area contributed by atoms with Gasteiger partial charge in [0.2, 0.25) is 0 Å². The highest BCUT2D eigenvalue weighted by atomic mass is 31.2. The molecule has 1 aromatic carbocycles. The summed E-state index contributed by atoms with van der Waals surface area (Å²) in [5, 5.41) is 20.1. The predicted octanol–water partition coefficient (Wildman–Crippen LogP) is -1.19. The Balaban J connectivity index is 1.83. The summed E-state index contributed by atoms with van der Waals surface area (Å²) in [5.74, 6) is 0. The first-order valence-corrected chi connectivity index (χ1v) is 8.34. The van der Waals surface area contributed by atoms with Crippen LogP contribution in [-0.2, 0) is 13.8 Å². The number of rotatable bonds is 4. The Bertz CT molecular complexity index is 758. The summed E-state index contributed by atoms with van der Waals surface area (Å²) in [4.78, 5) is 25.3. The molecule has 23 heavy (non-hydrogen) atoms. The lowest BCUT2D eigenvalue weighted by Gasteiger charge is -2.30. The zero-order valence-corrected chi connectivity index (χ0v) is 13.0. The molecule has 2 heterocycles. The lowest BCUT2D eigenvalue weighted by atomic mass is 10.1. The Morgan fingerprint density at radius 2 is 2.13 bits per heavy atom. The van der Waals surface area contributed by atoms with Crippen LogP contribution in [0.3, 0.4) is 0 Å². The van der Waals surface area contributed by atoms with E-state index in [2.05, 4.69) is 9.51 Å². The van der Waals surface area contributed by atoms with Gasteiger partial charge in [0.15, 0.2) is 6.23 Å². The third-order valence-corrected chi connectivity index (χ3v) is 4.20. The smallest absolute Gasteiger partial charge is 0.164 e. The number of aliphatic hydroxyl groups excluding tert-OH is 2. The van der Waals surface area contributed by atoms with Gasteiger partial charge in [-0.3, -0.25) is 0 Å². The number of imidazole rings is 1. The Kier molecular flexibility index (Phi) is 4.28. The normalized spacial score (nSPS) is 28.6. The van der Waals surface area contributed by atoms with Gasteiger partial charge in [-0.25, -0.2) is 4.98 Å². The van der Waals surface area contributed by atoms with Crippen molar-refractivity contribution in [2.24, 2.45) is 0 Å². The lowest BCUT2D eigenvalue weighted by Crippen LogP contribution is -2.34. The van der Waals surface area contributed by atoms with Crippen LogP contribution < -0.4 is 9.79 Å². The van der Waals surface area contributed by atoms with Gasteiger partial charge in [-0.1, -0.05) is 6.07 Å². The van der Waals surface area contributed by atoms with Gasteiger partial charge in [0.1, 0.15) is 18.3 Å². The van der Waals surface area contributed by atoms with E-state index in [1.165, 1.54) is 10.9 Å². The molecular formula is C13H15N2O7P-2. The van der Waals surface area contributed by atoms with Gasteiger partial charge < -0.3 is 38.4 Å². The van der Waals surface area contributed by atoms with Gasteiger partial charge in [0.25, 0.3) is 0 Å². The SMILES string of the molecule is Cc1ccc2c(c1)ncn2[C@H]1O[C@H](COP(=O)([O-])[O-])[C@@H](O)[C@H]1O. The van der Waals surface area contributed by atoms with Crippen LogP contribution in [0.5, 0.6) is 0 Å². The van der Waals surface area contributed by atoms with Crippen molar-refractivity contribution in [3.8, 4) is 0 Å². The first-order chi connectivity index (χ1) is 10.8. The molecule has 1 aromatic heterocycles. The molecule has 0 unspecified atom stereocenters. The molecule has 0 amide bonds. The molecule has 0 saturated carbocycles. The van der Waals surface area contributed by atoms with E-state index in [1.807, 2.05) is 19.1 Å². The molecule has 1 fully saturated rings. The summed E-state index contributed by atoms with van der Waals surface area (Å²) < 4.78 is 21.7. The van der Waals surface area contributed by atoms with Crippen molar-refractivity contribution in [2.75, 3.05) is 6.61 Å². The Labute approximate surface area is 131 Å². The molecule has 3 rings (SSSR count). The second-order valence-corrected chi connectivity index (χ2v) is 6.59. The molecule has 0 aliphatic carbocycles. The molecule has 2 aromatic rings. The van der Waals surface area contributed by atoms with E-state index < -0.39 is 39.0 Å². The summed E-state index contributed by atoms with van der Waals surface area (Å²) in [7, 11) is -5.18. The molecule has 9 nitrogen and oxygen atoms in total. The van der Waals surface area contributed by atoms with Crippen LogP contribution in [0.25, 0.3) is 11.0 Å². The Morgan fingerprint density at radius 1 is 1.39 bits per heavy atom. The standard InChI is InChI=1S/C13H17N2O7P/c1-7-2-3-9-8(4-7)14-6-15(9)13-12(17)11(16)10(22-13)5-21-23(18,19)20/h2-4,6,10-13,16-17H,5H2,1H3,(H2,18,19,20)/p-2/t10-,11-,12-,13+/m1/s1. The maximum absolute atomic E-state index is 10.5. The number of benzene rings is 1. The Hall–Kier alpha value is -1.32. The van der Waals surface area contributed by atoms with Crippen molar-refractivity contribution in [1.29, 1.82) is 0 Å². The average molecular weight is 342 g/mol. The number of nitrogens with zero attached hydrogens (tertiary/aromatic N) is 2. The van der Waals surface area contributed by atoms with Gasteiger partial charge >= 0.3 is 0 Å². The highest BCUT2D eigenvalue weighted by Gasteiger charge is 2.44. The van der Waals surface area contributed by atoms with Gasteiger partial charge in [-0.15, -0.1) is 0 Å². The maximum atomic E-state index is 10.5. The van der Waals surface area contributed by atoms with E-state index in [4.69, 9.17) is 4.74 Å². The van der Waals surface area contributed by atoms with Crippen LogP contribution in [0.2, 0.25) is 0 Å². The average Bonchev–Trinajstić information content (AvgIpc) is 2.99. The lowest BCUT2D eigenvalue weighted by molar-refractivity contribution is -0.343. The molecule has 126 valence electrons. The van der Waals surface area contributed by atoms with Gasteiger partial charge in [0.05, 0.1) is 31.8 Å². The van der Waals surface area contributed by atoms with E-state index >= 15 is 0 Å². The highest BCUT2D eigenvalue weighted by Crippen LogP contribution is 2.34. The van der Waals surface area contributed by atoms with Crippen LogP contribution in [0.15, 0.2) is 24.5 Å². The fourth-order valence-electron chi connectivity index (χ4n) is 2.61. The van der Waals surface area contributed by atoms with E-state index in [0.717, 1.165) is 5.56 Å². The number of phosphoric ester groups is 1. The minimum absolute atomic E-state index is 0.662. The number of aromatic nitrogens is 2. The predicted molar refractivity (Wildman–Crippen MR) is 74.0 cm³/mol. The third-order valence-electron chi connectivity index (χ3n) is 3.74. The number of fused-ring (bicyclic) bond motifs is 1. The topological polar surface area (TPSA) is 140 Å². The molecule has 1 saturated heterocycles. The van der Waals surface area contributed by atoms with Gasteiger partial charge in [-0.05, 0) is 24.6 Å². The zero-order valence-electron chi connectivity index (χ0n) is 12.1. The first-order valence-electron chi connectivity index (χ1n) is 6.87. The van der Waals surface area contributed by atoms with Crippen molar-refractivity contribution in [1.82, 2.24) is 9.55 Å². The monoisotopic (exact) mass is 342 g/mol. The van der Waals surface area contributed by atoms with E-state index in [9.17, 15) is 24.6 Å². The zero-order chi connectivity index (χ0) is 16.8. The molecule has 0 radical (unpaired) electrons. The molecule has 1 aliphatic heterocycles. The second-order valence-electron chi connectivity index (χ2n) is 5.43. The van der Waals surface area contributed by atoms with Crippen LogP contribution in [0, 0.1) is 6.92 Å². The van der Waals surface area contributed by atoms with Crippen LogP contribution in [0.4, 0.5) is 0 Å². The van der Waals surface area contributed by atoms with Gasteiger partial charge in [-0.2, -0.15) is 0 Å². The van der Waals surface area contributed by atoms with Crippen LogP contribution in [-0.4, -0.2) is 44.7 Å². The first kappa shape index (κ1) is 16.5. The summed E-state index contributed by atoms with van der Waals surface area (Å²) in [5.41, 5.74) is 2.40. The number of ether oxygens (including phenoxy) is 1. The minimum Gasteiger partial charge on any atom is -0.790 e. The van der Waals surface area contributed by atoms with Crippen molar-refractivity contribution in [3.05, 3.63) is 30.1 Å². The summed E-state index contributed by atoms with van der Waals surface area (Å²) in [6.45, 7) is 1.26. The molecule has 1 aliphatic rings. The number of hydrogen-bond donors (Lipinski definition) is 2.